The summed E-state index contributed by atoms with van der Waals surface area (Å²) < 4.78 is 33.6. The van der Waals surface area contributed by atoms with E-state index in [-0.39, 0.29) is 50.9 Å². The maximum Gasteiger partial charge on any atom is 0.250 e. The molecule has 0 bridgehead atoms. The Bertz CT molecular complexity index is 758. The monoisotopic (exact) mass is 423 g/mol. The van der Waals surface area contributed by atoms with Gasteiger partial charge in [-0.1, -0.05) is 36.4 Å². The molecule has 30 heavy (non-hydrogen) atoms. The van der Waals surface area contributed by atoms with E-state index in [0.29, 0.717) is 17.7 Å². The number of rotatable bonds is 13. The van der Waals surface area contributed by atoms with Crippen LogP contribution in [0, 0.1) is 0 Å². The van der Waals surface area contributed by atoms with Gasteiger partial charge in [0.25, 0.3) is 0 Å². The summed E-state index contributed by atoms with van der Waals surface area (Å²) in [5.74, 6) is -2.84. The topological polar surface area (TPSA) is 82.0 Å². The molecule has 2 aromatic carbocycles. The van der Waals surface area contributed by atoms with Gasteiger partial charge in [-0.05, 0) is 43.1 Å². The number of halogens is 2. The third kappa shape index (κ3) is 7.99. The van der Waals surface area contributed by atoms with Crippen LogP contribution in [0.5, 0.6) is 5.75 Å². The Morgan fingerprint density at radius 2 is 1.80 bits per heavy atom. The van der Waals surface area contributed by atoms with Crippen LogP contribution in [0.25, 0.3) is 0 Å². The SMILES string of the molecule is CC(OCCC(F)(F)CCCNCC(O)c1ccc(O)c(CO)c1)c1ccccc1. The van der Waals surface area contributed by atoms with E-state index in [1.807, 2.05) is 37.3 Å². The fourth-order valence-electron chi connectivity index (χ4n) is 3.10. The Morgan fingerprint density at radius 3 is 2.50 bits per heavy atom. The molecule has 0 heterocycles. The van der Waals surface area contributed by atoms with Gasteiger partial charge in [-0.2, -0.15) is 0 Å². The highest BCUT2D eigenvalue weighted by Crippen LogP contribution is 2.26. The lowest BCUT2D eigenvalue weighted by Crippen LogP contribution is -2.25. The van der Waals surface area contributed by atoms with Gasteiger partial charge in [-0.3, -0.25) is 0 Å². The van der Waals surface area contributed by atoms with E-state index in [1.165, 1.54) is 12.1 Å². The summed E-state index contributed by atoms with van der Waals surface area (Å²) in [6, 6.07) is 14.0. The summed E-state index contributed by atoms with van der Waals surface area (Å²) in [5, 5.41) is 31.8. The molecule has 0 aliphatic rings. The number of aromatic hydroxyl groups is 1. The first-order chi connectivity index (χ1) is 14.3. The molecular formula is C23H31F2NO4. The van der Waals surface area contributed by atoms with Crippen molar-refractivity contribution in [1.29, 1.82) is 0 Å². The molecule has 0 fully saturated rings. The highest BCUT2D eigenvalue weighted by Gasteiger charge is 2.28. The van der Waals surface area contributed by atoms with Gasteiger partial charge in [0.15, 0.2) is 0 Å². The molecule has 0 aliphatic carbocycles. The standard InChI is InChI=1S/C23H31F2NO4/c1-17(18-6-3-2-4-7-18)30-13-11-23(24,25)10-5-12-26-15-22(29)19-8-9-21(28)20(14-19)16-27/h2-4,6-9,14,17,22,26-29H,5,10-13,15-16H2,1H3. The Kier molecular flexibility index (Phi) is 9.65. The summed E-state index contributed by atoms with van der Waals surface area (Å²) in [5.41, 5.74) is 1.83. The summed E-state index contributed by atoms with van der Waals surface area (Å²) in [7, 11) is 0. The van der Waals surface area contributed by atoms with Crippen molar-refractivity contribution in [2.75, 3.05) is 19.7 Å². The Balaban J connectivity index is 1.63. The van der Waals surface area contributed by atoms with Gasteiger partial charge in [-0.15, -0.1) is 0 Å². The molecule has 0 amide bonds. The van der Waals surface area contributed by atoms with Crippen LogP contribution in [0.15, 0.2) is 48.5 Å². The zero-order chi connectivity index (χ0) is 22.0. The van der Waals surface area contributed by atoms with E-state index in [0.717, 1.165) is 5.56 Å². The molecule has 5 nitrogen and oxygen atoms in total. The number of phenols is 1. The zero-order valence-corrected chi connectivity index (χ0v) is 17.2. The van der Waals surface area contributed by atoms with E-state index in [1.54, 1.807) is 6.07 Å². The fraction of sp³-hybridized carbons (Fsp3) is 0.478. The van der Waals surface area contributed by atoms with E-state index in [2.05, 4.69) is 5.32 Å². The molecule has 7 heteroatoms. The van der Waals surface area contributed by atoms with Gasteiger partial charge >= 0.3 is 0 Å². The highest BCUT2D eigenvalue weighted by atomic mass is 19.3. The average molecular weight is 424 g/mol. The van der Waals surface area contributed by atoms with Crippen LogP contribution in [0.1, 0.15) is 55.1 Å². The molecule has 0 saturated heterocycles. The first-order valence-corrected chi connectivity index (χ1v) is 10.2. The lowest BCUT2D eigenvalue weighted by Gasteiger charge is -2.19. The minimum atomic E-state index is -2.80. The molecule has 0 radical (unpaired) electrons. The zero-order valence-electron chi connectivity index (χ0n) is 17.2. The lowest BCUT2D eigenvalue weighted by atomic mass is 10.1. The van der Waals surface area contributed by atoms with E-state index < -0.39 is 12.0 Å². The number of hydrogen-bond donors (Lipinski definition) is 4. The smallest absolute Gasteiger partial charge is 0.250 e. The molecule has 166 valence electrons. The maximum atomic E-state index is 14.0. The van der Waals surface area contributed by atoms with Crippen LogP contribution in [0.3, 0.4) is 0 Å². The van der Waals surface area contributed by atoms with Crippen LogP contribution in [0.4, 0.5) is 8.78 Å². The quantitative estimate of drug-likeness (QED) is 0.365. The van der Waals surface area contributed by atoms with E-state index in [4.69, 9.17) is 9.84 Å². The number of aliphatic hydroxyl groups excluding tert-OH is 2. The van der Waals surface area contributed by atoms with Gasteiger partial charge in [0, 0.05) is 24.9 Å². The summed E-state index contributed by atoms with van der Waals surface area (Å²) in [6.07, 6.45) is -1.40. The molecular weight excluding hydrogens is 392 g/mol. The second-order valence-corrected chi connectivity index (χ2v) is 7.40. The van der Waals surface area contributed by atoms with Crippen molar-refractivity contribution in [2.24, 2.45) is 0 Å². The van der Waals surface area contributed by atoms with Crippen LogP contribution in [0.2, 0.25) is 0 Å². The minimum Gasteiger partial charge on any atom is -0.508 e. The lowest BCUT2D eigenvalue weighted by molar-refractivity contribution is -0.0518. The number of nitrogens with one attached hydrogen (secondary N) is 1. The van der Waals surface area contributed by atoms with Crippen molar-refractivity contribution in [1.82, 2.24) is 5.32 Å². The van der Waals surface area contributed by atoms with E-state index in [9.17, 15) is 19.0 Å². The average Bonchev–Trinajstić information content (AvgIpc) is 2.74. The van der Waals surface area contributed by atoms with Gasteiger partial charge in [-0.25, -0.2) is 8.78 Å². The van der Waals surface area contributed by atoms with Gasteiger partial charge in [0.2, 0.25) is 5.92 Å². The van der Waals surface area contributed by atoms with Crippen molar-refractivity contribution in [3.63, 3.8) is 0 Å². The first-order valence-electron chi connectivity index (χ1n) is 10.2. The minimum absolute atomic E-state index is 0.0107. The Hall–Kier alpha value is -2.06. The van der Waals surface area contributed by atoms with E-state index >= 15 is 0 Å². The summed E-state index contributed by atoms with van der Waals surface area (Å²) in [4.78, 5) is 0. The summed E-state index contributed by atoms with van der Waals surface area (Å²) in [6.45, 7) is 2.05. The molecule has 0 aromatic heterocycles. The molecule has 0 spiro atoms. The van der Waals surface area contributed by atoms with Crippen LogP contribution < -0.4 is 5.32 Å². The number of aliphatic hydroxyl groups is 2. The highest BCUT2D eigenvalue weighted by molar-refractivity contribution is 5.36. The molecule has 2 aromatic rings. The predicted octanol–water partition coefficient (Wildman–Crippen LogP) is 4.09. The second kappa shape index (κ2) is 12.0. The maximum absolute atomic E-state index is 14.0. The Morgan fingerprint density at radius 1 is 1.07 bits per heavy atom. The Labute approximate surface area is 176 Å². The third-order valence-electron chi connectivity index (χ3n) is 5.00. The third-order valence-corrected chi connectivity index (χ3v) is 5.00. The molecule has 4 N–H and O–H groups in total. The van der Waals surface area contributed by atoms with Gasteiger partial charge in [0.1, 0.15) is 5.75 Å². The summed E-state index contributed by atoms with van der Waals surface area (Å²) >= 11 is 0. The van der Waals surface area contributed by atoms with Crippen molar-refractivity contribution >= 4 is 0 Å². The van der Waals surface area contributed by atoms with Crippen LogP contribution in [-0.2, 0) is 11.3 Å². The van der Waals surface area contributed by atoms with Gasteiger partial charge in [0.05, 0.1) is 25.4 Å². The molecule has 0 saturated carbocycles. The predicted molar refractivity (Wildman–Crippen MR) is 111 cm³/mol. The molecule has 2 atom stereocenters. The molecule has 2 rings (SSSR count). The van der Waals surface area contributed by atoms with Crippen LogP contribution >= 0.6 is 0 Å². The number of benzene rings is 2. The van der Waals surface area contributed by atoms with Gasteiger partial charge < -0.3 is 25.4 Å². The molecule has 0 aliphatic heterocycles. The first kappa shape index (κ1) is 24.2. The number of hydrogen-bond acceptors (Lipinski definition) is 5. The number of ether oxygens (including phenoxy) is 1. The molecule has 2 unspecified atom stereocenters. The number of alkyl halides is 2. The normalized spacial score (nSPS) is 13.9. The van der Waals surface area contributed by atoms with Crippen molar-refractivity contribution in [3.8, 4) is 5.75 Å². The second-order valence-electron chi connectivity index (χ2n) is 7.40. The fourth-order valence-corrected chi connectivity index (χ4v) is 3.10. The largest absolute Gasteiger partial charge is 0.508 e. The van der Waals surface area contributed by atoms with Crippen molar-refractivity contribution in [2.45, 2.75) is 50.9 Å². The van der Waals surface area contributed by atoms with Crippen molar-refractivity contribution in [3.05, 3.63) is 65.2 Å². The van der Waals surface area contributed by atoms with Crippen molar-refractivity contribution < 1.29 is 28.8 Å². The van der Waals surface area contributed by atoms with Crippen LogP contribution in [-0.4, -0.2) is 40.9 Å².